The lowest BCUT2D eigenvalue weighted by atomic mass is 9.85. The number of hydrogen-bond donors (Lipinski definition) is 3. The second-order valence-corrected chi connectivity index (χ2v) is 6.15. The highest BCUT2D eigenvalue weighted by Gasteiger charge is 2.29. The maximum atomic E-state index is 12.1. The molecular weight excluding hydrogens is 272 g/mol. The zero-order valence-corrected chi connectivity index (χ0v) is 12.3. The van der Waals surface area contributed by atoms with Crippen LogP contribution in [0.15, 0.2) is 0 Å². The molecule has 2 saturated carbocycles. The van der Waals surface area contributed by atoms with Crippen molar-refractivity contribution in [2.75, 3.05) is 6.54 Å². The number of carboxylic acid groups (broad SMARTS) is 1. The highest BCUT2D eigenvalue weighted by atomic mass is 16.4. The fraction of sp³-hybridized carbons (Fsp3) is 0.800. The van der Waals surface area contributed by atoms with Crippen LogP contribution in [0.2, 0.25) is 0 Å². The molecule has 0 aromatic heterocycles. The summed E-state index contributed by atoms with van der Waals surface area (Å²) in [5.74, 6) is -0.976. The van der Waals surface area contributed by atoms with Crippen LogP contribution in [-0.2, 0) is 14.4 Å². The van der Waals surface area contributed by atoms with E-state index in [2.05, 4.69) is 10.6 Å². The van der Waals surface area contributed by atoms with E-state index in [9.17, 15) is 14.4 Å². The molecule has 0 atom stereocenters. The van der Waals surface area contributed by atoms with Gasteiger partial charge in [-0.1, -0.05) is 12.8 Å². The minimum atomic E-state index is -1.03. The Labute approximate surface area is 124 Å². The molecule has 0 spiro atoms. The van der Waals surface area contributed by atoms with Gasteiger partial charge >= 0.3 is 5.97 Å². The van der Waals surface area contributed by atoms with Crippen LogP contribution in [-0.4, -0.2) is 35.5 Å². The van der Waals surface area contributed by atoms with Gasteiger partial charge in [-0.05, 0) is 38.5 Å². The molecule has 0 unspecified atom stereocenters. The first-order valence-electron chi connectivity index (χ1n) is 7.86. The van der Waals surface area contributed by atoms with Gasteiger partial charge in [-0.2, -0.15) is 0 Å². The predicted molar refractivity (Wildman–Crippen MR) is 76.5 cm³/mol. The van der Waals surface area contributed by atoms with Crippen LogP contribution in [0, 0.1) is 11.8 Å². The second-order valence-electron chi connectivity index (χ2n) is 6.15. The predicted octanol–water partition coefficient (Wildman–Crippen LogP) is 1.05. The number of carbonyl (C=O) groups excluding carboxylic acids is 2. The van der Waals surface area contributed by atoms with Crippen molar-refractivity contribution in [2.45, 2.75) is 57.4 Å². The molecule has 21 heavy (non-hydrogen) atoms. The monoisotopic (exact) mass is 296 g/mol. The van der Waals surface area contributed by atoms with Gasteiger partial charge in [-0.25, -0.2) is 0 Å². The SMILES string of the molecule is O=C(O)CNC(=O)C1CCC(NC(=O)C2CCCC2)CC1. The summed E-state index contributed by atoms with van der Waals surface area (Å²) in [5, 5.41) is 14.1. The van der Waals surface area contributed by atoms with Gasteiger partial charge in [0.25, 0.3) is 0 Å². The number of hydrogen-bond acceptors (Lipinski definition) is 3. The highest BCUT2D eigenvalue weighted by molar-refractivity contribution is 5.83. The number of carboxylic acids is 1. The van der Waals surface area contributed by atoms with Crippen LogP contribution in [0.25, 0.3) is 0 Å². The molecule has 0 heterocycles. The normalized spacial score (nSPS) is 26.3. The van der Waals surface area contributed by atoms with E-state index in [0.717, 1.165) is 38.5 Å². The summed E-state index contributed by atoms with van der Waals surface area (Å²) in [7, 11) is 0. The molecule has 0 aromatic rings. The van der Waals surface area contributed by atoms with E-state index in [4.69, 9.17) is 5.11 Å². The summed E-state index contributed by atoms with van der Waals surface area (Å²) in [6, 6.07) is 0.168. The number of amides is 2. The van der Waals surface area contributed by atoms with Crippen molar-refractivity contribution in [1.29, 1.82) is 0 Å². The Morgan fingerprint density at radius 2 is 1.43 bits per heavy atom. The summed E-state index contributed by atoms with van der Waals surface area (Å²) in [5.41, 5.74) is 0. The third-order valence-corrected chi connectivity index (χ3v) is 4.58. The fourth-order valence-electron chi connectivity index (χ4n) is 3.31. The van der Waals surface area contributed by atoms with E-state index in [1.165, 1.54) is 0 Å². The van der Waals surface area contributed by atoms with Crippen molar-refractivity contribution in [1.82, 2.24) is 10.6 Å². The molecular formula is C15H24N2O4. The van der Waals surface area contributed by atoms with Crippen molar-refractivity contribution in [3.8, 4) is 0 Å². The Morgan fingerprint density at radius 3 is 2.00 bits per heavy atom. The lowest BCUT2D eigenvalue weighted by molar-refractivity contribution is -0.138. The number of carbonyl (C=O) groups is 3. The average Bonchev–Trinajstić information content (AvgIpc) is 3.00. The molecule has 2 aliphatic carbocycles. The Balaban J connectivity index is 1.69. The lowest BCUT2D eigenvalue weighted by Crippen LogP contribution is -2.43. The molecule has 6 nitrogen and oxygen atoms in total. The van der Waals surface area contributed by atoms with Crippen molar-refractivity contribution in [3.63, 3.8) is 0 Å². The minimum Gasteiger partial charge on any atom is -0.480 e. The van der Waals surface area contributed by atoms with Crippen LogP contribution >= 0.6 is 0 Å². The first-order chi connectivity index (χ1) is 10.1. The molecule has 0 bridgehead atoms. The van der Waals surface area contributed by atoms with Crippen LogP contribution in [0.1, 0.15) is 51.4 Å². The van der Waals surface area contributed by atoms with Crippen molar-refractivity contribution in [2.24, 2.45) is 11.8 Å². The summed E-state index contributed by atoms with van der Waals surface area (Å²) < 4.78 is 0. The summed E-state index contributed by atoms with van der Waals surface area (Å²) in [6.07, 6.45) is 7.30. The first-order valence-corrected chi connectivity index (χ1v) is 7.86. The van der Waals surface area contributed by atoms with Gasteiger partial charge in [0.15, 0.2) is 0 Å². The zero-order chi connectivity index (χ0) is 15.2. The van der Waals surface area contributed by atoms with E-state index >= 15 is 0 Å². The molecule has 0 saturated heterocycles. The molecule has 118 valence electrons. The second kappa shape index (κ2) is 7.43. The Kier molecular flexibility index (Phi) is 5.59. The topological polar surface area (TPSA) is 95.5 Å². The largest absolute Gasteiger partial charge is 0.480 e. The summed E-state index contributed by atoms with van der Waals surface area (Å²) >= 11 is 0. The van der Waals surface area contributed by atoms with Crippen molar-refractivity contribution in [3.05, 3.63) is 0 Å². The molecule has 3 N–H and O–H groups in total. The van der Waals surface area contributed by atoms with Crippen molar-refractivity contribution < 1.29 is 19.5 Å². The lowest BCUT2D eigenvalue weighted by Gasteiger charge is -2.29. The number of rotatable bonds is 5. The maximum Gasteiger partial charge on any atom is 0.322 e. The molecule has 2 aliphatic rings. The third kappa shape index (κ3) is 4.72. The van der Waals surface area contributed by atoms with Gasteiger partial charge in [-0.15, -0.1) is 0 Å². The zero-order valence-electron chi connectivity index (χ0n) is 12.3. The van der Waals surface area contributed by atoms with Gasteiger partial charge < -0.3 is 15.7 Å². The van der Waals surface area contributed by atoms with E-state index in [-0.39, 0.29) is 36.2 Å². The highest BCUT2D eigenvalue weighted by Crippen LogP contribution is 2.27. The fourth-order valence-corrected chi connectivity index (χ4v) is 3.31. The molecule has 0 radical (unpaired) electrons. The van der Waals surface area contributed by atoms with Gasteiger partial charge in [0.05, 0.1) is 0 Å². The van der Waals surface area contributed by atoms with Crippen LogP contribution in [0.5, 0.6) is 0 Å². The molecule has 0 aliphatic heterocycles. The number of nitrogens with one attached hydrogen (secondary N) is 2. The Morgan fingerprint density at radius 1 is 0.857 bits per heavy atom. The molecule has 2 fully saturated rings. The van der Waals surface area contributed by atoms with Crippen LogP contribution < -0.4 is 10.6 Å². The van der Waals surface area contributed by atoms with E-state index < -0.39 is 5.97 Å². The molecule has 2 amide bonds. The quantitative estimate of drug-likeness (QED) is 0.706. The summed E-state index contributed by atoms with van der Waals surface area (Å²) in [6.45, 7) is -0.322. The van der Waals surface area contributed by atoms with Crippen molar-refractivity contribution >= 4 is 17.8 Å². The van der Waals surface area contributed by atoms with Gasteiger partial charge in [0.2, 0.25) is 11.8 Å². The van der Waals surface area contributed by atoms with E-state index in [0.29, 0.717) is 12.8 Å². The van der Waals surface area contributed by atoms with Gasteiger partial charge in [-0.3, -0.25) is 14.4 Å². The Hall–Kier alpha value is -1.59. The average molecular weight is 296 g/mol. The standard InChI is InChI=1S/C15H24N2O4/c18-13(19)9-16-14(20)11-5-7-12(8-6-11)17-15(21)10-3-1-2-4-10/h10-12H,1-9H2,(H,16,20)(H,17,21)(H,18,19). The minimum absolute atomic E-state index is 0.121. The smallest absolute Gasteiger partial charge is 0.322 e. The van der Waals surface area contributed by atoms with E-state index in [1.807, 2.05) is 0 Å². The van der Waals surface area contributed by atoms with Gasteiger partial charge in [0.1, 0.15) is 6.54 Å². The molecule has 2 rings (SSSR count). The van der Waals surface area contributed by atoms with Crippen LogP contribution in [0.4, 0.5) is 0 Å². The maximum absolute atomic E-state index is 12.1. The van der Waals surface area contributed by atoms with E-state index in [1.54, 1.807) is 0 Å². The molecule has 0 aromatic carbocycles. The van der Waals surface area contributed by atoms with Crippen LogP contribution in [0.3, 0.4) is 0 Å². The number of aliphatic carboxylic acids is 1. The Bertz CT molecular complexity index is 396. The third-order valence-electron chi connectivity index (χ3n) is 4.58. The van der Waals surface area contributed by atoms with Gasteiger partial charge in [0, 0.05) is 17.9 Å². The summed E-state index contributed by atoms with van der Waals surface area (Å²) in [4.78, 5) is 34.3. The first kappa shape index (κ1) is 15.8. The molecule has 6 heteroatoms.